The maximum atomic E-state index is 10.7. The van der Waals surface area contributed by atoms with Gasteiger partial charge in [-0.3, -0.25) is 0 Å². The molecule has 0 bridgehead atoms. The predicted octanol–water partition coefficient (Wildman–Crippen LogP) is -0.723. The van der Waals surface area contributed by atoms with Crippen molar-refractivity contribution in [3.8, 4) is 0 Å². The fourth-order valence-electron chi connectivity index (χ4n) is 0.664. The zero-order valence-corrected chi connectivity index (χ0v) is 8.54. The second-order valence-electron chi connectivity index (χ2n) is 3.17. The summed E-state index contributed by atoms with van der Waals surface area (Å²) in [5.74, 6) is 0.415. The Balaban J connectivity index is 3.89. The monoisotopic (exact) mass is 207 g/mol. The summed E-state index contributed by atoms with van der Waals surface area (Å²) in [5.41, 5.74) is -1.77. The van der Waals surface area contributed by atoms with Crippen molar-refractivity contribution in [1.29, 1.82) is 0 Å². The molecule has 0 saturated heterocycles. The Morgan fingerprint density at radius 2 is 2.00 bits per heavy atom. The Labute approximate surface area is 78.6 Å². The van der Waals surface area contributed by atoms with Crippen LogP contribution in [0.4, 0.5) is 0 Å². The third kappa shape index (κ3) is 5.12. The molecule has 76 valence electrons. The molecule has 0 fully saturated rings. The number of hydrogen-bond donors (Lipinski definition) is 2. The van der Waals surface area contributed by atoms with Gasteiger partial charge in [0.25, 0.3) is 0 Å². The van der Waals surface area contributed by atoms with Gasteiger partial charge in [-0.2, -0.15) is 0 Å². The number of hydrogen-bond acceptors (Lipinski definition) is 5. The molecule has 0 saturated carbocycles. The van der Waals surface area contributed by atoms with Gasteiger partial charge >= 0.3 is 78.0 Å². The third-order valence-corrected chi connectivity index (χ3v) is 2.54. The quantitative estimate of drug-likeness (QED) is 0.443. The van der Waals surface area contributed by atoms with E-state index >= 15 is 0 Å². The van der Waals surface area contributed by atoms with E-state index in [2.05, 4.69) is 5.32 Å². The molecule has 0 heterocycles. The third-order valence-electron chi connectivity index (χ3n) is 1.49. The van der Waals surface area contributed by atoms with Gasteiger partial charge in [-0.1, -0.05) is 0 Å². The van der Waals surface area contributed by atoms with Gasteiger partial charge in [0.2, 0.25) is 0 Å². The topological polar surface area (TPSA) is 83.5 Å². The molecule has 1 atom stereocenters. The summed E-state index contributed by atoms with van der Waals surface area (Å²) < 4.78 is 31.4. The van der Waals surface area contributed by atoms with Crippen LogP contribution in [0.1, 0.15) is 20.3 Å². The van der Waals surface area contributed by atoms with E-state index in [1.807, 2.05) is 13.8 Å². The molecule has 0 aliphatic rings. The van der Waals surface area contributed by atoms with Crippen LogP contribution in [0.15, 0.2) is 0 Å². The second-order valence-corrected chi connectivity index (χ2v) is 4.99. The van der Waals surface area contributed by atoms with E-state index in [9.17, 15) is 13.1 Å². The summed E-state index contributed by atoms with van der Waals surface area (Å²) in [6, 6.07) is 0. The van der Waals surface area contributed by atoms with Gasteiger partial charge < -0.3 is 0 Å². The van der Waals surface area contributed by atoms with Crippen molar-refractivity contribution < 1.29 is 18.2 Å². The zero-order chi connectivity index (χ0) is 10.5. The normalized spacial score (nSPS) is 14.2. The number of nitrogens with one attached hydrogen (secondary N) is 1. The molecule has 0 aromatic carbocycles. The molecule has 5 nitrogen and oxygen atoms in total. The van der Waals surface area contributed by atoms with Gasteiger partial charge in [-0.15, -0.1) is 0 Å². The first-order valence-corrected chi connectivity index (χ1v) is 5.61. The minimum atomic E-state index is -4.03. The Bertz CT molecular complexity index is 251. The second kappa shape index (κ2) is 5.46. The summed E-state index contributed by atoms with van der Waals surface area (Å²) >= 11 is 0. The SMILES string of the molecule is CC(C)CCNC(O)S(=O)(=O)B=O. The van der Waals surface area contributed by atoms with E-state index < -0.39 is 15.2 Å². The predicted molar refractivity (Wildman–Crippen MR) is 48.8 cm³/mol. The van der Waals surface area contributed by atoms with Crippen LogP contribution < -0.4 is 5.32 Å². The summed E-state index contributed by atoms with van der Waals surface area (Å²) in [5, 5.41) is 11.3. The Morgan fingerprint density at radius 1 is 1.46 bits per heavy atom. The zero-order valence-electron chi connectivity index (χ0n) is 7.73. The van der Waals surface area contributed by atoms with Crippen LogP contribution >= 0.6 is 0 Å². The fraction of sp³-hybridized carbons (Fsp3) is 1.00. The molecule has 0 rings (SSSR count). The standard InChI is InChI=1S/C6H14BNO4S/c1-5(2)3-4-8-6(9)13(11,12)7-10/h5-6,8-9H,3-4H2,1-2H3. The average Bonchev–Trinajstić information content (AvgIpc) is 2.03. The first kappa shape index (κ1) is 12.7. The first-order valence-electron chi connectivity index (χ1n) is 4.00. The Kier molecular flexibility index (Phi) is 5.35. The van der Waals surface area contributed by atoms with Gasteiger partial charge in [0.05, 0.1) is 0 Å². The van der Waals surface area contributed by atoms with Crippen molar-refractivity contribution in [3.05, 3.63) is 0 Å². The van der Waals surface area contributed by atoms with Crippen molar-refractivity contribution in [2.75, 3.05) is 6.54 Å². The number of aliphatic hydroxyl groups excluding tert-OH is 1. The van der Waals surface area contributed by atoms with Crippen LogP contribution in [0.25, 0.3) is 0 Å². The van der Waals surface area contributed by atoms with E-state index in [-0.39, 0.29) is 6.43 Å². The van der Waals surface area contributed by atoms with Crippen molar-refractivity contribution in [1.82, 2.24) is 5.32 Å². The molecule has 2 N–H and O–H groups in total. The molecule has 0 radical (unpaired) electrons. The van der Waals surface area contributed by atoms with Crippen LogP contribution in [-0.4, -0.2) is 32.1 Å². The van der Waals surface area contributed by atoms with E-state index in [1.54, 1.807) is 0 Å². The van der Waals surface area contributed by atoms with E-state index in [0.717, 1.165) is 6.42 Å². The van der Waals surface area contributed by atoms with Crippen LogP contribution in [0, 0.1) is 5.92 Å². The first-order chi connectivity index (χ1) is 5.90. The molecule has 7 heteroatoms. The van der Waals surface area contributed by atoms with Crippen molar-refractivity contribution in [2.45, 2.75) is 25.8 Å². The molecular weight excluding hydrogens is 193 g/mol. The summed E-state index contributed by atoms with van der Waals surface area (Å²) in [6.07, 6.45) is 0.492. The van der Waals surface area contributed by atoms with E-state index in [1.165, 1.54) is 0 Å². The molecule has 0 aromatic rings. The van der Waals surface area contributed by atoms with Crippen molar-refractivity contribution in [2.24, 2.45) is 5.92 Å². The average molecular weight is 207 g/mol. The molecule has 13 heavy (non-hydrogen) atoms. The van der Waals surface area contributed by atoms with Gasteiger partial charge in [0.15, 0.2) is 0 Å². The number of aliphatic hydroxyl groups is 1. The molecule has 0 spiro atoms. The van der Waals surface area contributed by atoms with E-state index in [4.69, 9.17) is 5.11 Å². The fourth-order valence-corrected chi connectivity index (χ4v) is 1.12. The van der Waals surface area contributed by atoms with Gasteiger partial charge in [0, 0.05) is 0 Å². The van der Waals surface area contributed by atoms with E-state index in [0.29, 0.717) is 12.5 Å². The molecule has 1 unspecified atom stereocenters. The Hall–Kier alpha value is -0.265. The van der Waals surface area contributed by atoms with Crippen LogP contribution in [0.2, 0.25) is 0 Å². The van der Waals surface area contributed by atoms with Crippen molar-refractivity contribution >= 4 is 16.1 Å². The summed E-state index contributed by atoms with van der Waals surface area (Å²) in [4.78, 5) is 0. The van der Waals surface area contributed by atoms with Gasteiger partial charge in [0.1, 0.15) is 0 Å². The van der Waals surface area contributed by atoms with Gasteiger partial charge in [-0.05, 0) is 0 Å². The number of rotatable bonds is 6. The molecule has 0 aliphatic carbocycles. The van der Waals surface area contributed by atoms with Crippen LogP contribution in [0.3, 0.4) is 0 Å². The van der Waals surface area contributed by atoms with Crippen LogP contribution in [-0.2, 0) is 14.4 Å². The van der Waals surface area contributed by atoms with Crippen molar-refractivity contribution in [3.63, 3.8) is 0 Å². The summed E-state index contributed by atoms with van der Waals surface area (Å²) in [7, 11) is -4.03. The maximum absolute atomic E-state index is 10.7. The Morgan fingerprint density at radius 3 is 2.38 bits per heavy atom. The van der Waals surface area contributed by atoms with Crippen LogP contribution in [0.5, 0.6) is 0 Å². The molecule has 0 aromatic heterocycles. The molecule has 0 aliphatic heterocycles. The van der Waals surface area contributed by atoms with Gasteiger partial charge in [-0.25, -0.2) is 0 Å². The molecule has 0 amide bonds. The summed E-state index contributed by atoms with van der Waals surface area (Å²) in [6.45, 7) is 4.32. The molecular formula is C6H14BNO4S. The minimum absolute atomic E-state index is 0.250.